The molecule has 0 aliphatic heterocycles. The van der Waals surface area contributed by atoms with Gasteiger partial charge < -0.3 is 20.3 Å². The van der Waals surface area contributed by atoms with Gasteiger partial charge in [0, 0.05) is 6.42 Å². The smallest absolute Gasteiger partial charge is 0.306 e. The molecule has 0 fully saturated rings. The van der Waals surface area contributed by atoms with Crippen molar-refractivity contribution < 1.29 is 24.5 Å². The first-order valence-electron chi connectivity index (χ1n) is 25.4. The molecular formula is C55H95NO5. The molecule has 0 saturated carbocycles. The average molecular weight is 850 g/mol. The number of rotatable bonds is 44. The van der Waals surface area contributed by atoms with Crippen molar-refractivity contribution in [2.75, 3.05) is 6.61 Å². The van der Waals surface area contributed by atoms with E-state index in [0.717, 1.165) is 116 Å². The van der Waals surface area contributed by atoms with Gasteiger partial charge >= 0.3 is 5.97 Å². The summed E-state index contributed by atoms with van der Waals surface area (Å²) >= 11 is 0. The topological polar surface area (TPSA) is 95.9 Å². The second-order valence-electron chi connectivity index (χ2n) is 16.9. The highest BCUT2D eigenvalue weighted by Gasteiger charge is 2.24. The first kappa shape index (κ1) is 58.0. The average Bonchev–Trinajstić information content (AvgIpc) is 3.25. The number of carbonyl (C=O) groups excluding carboxylic acids is 2. The fraction of sp³-hybridized carbons (Fsp3) is 0.709. The van der Waals surface area contributed by atoms with Gasteiger partial charge in [0.25, 0.3) is 0 Å². The van der Waals surface area contributed by atoms with Gasteiger partial charge in [0.05, 0.1) is 25.2 Å². The molecule has 0 saturated heterocycles. The molecule has 3 unspecified atom stereocenters. The predicted molar refractivity (Wildman–Crippen MR) is 264 cm³/mol. The fourth-order valence-electron chi connectivity index (χ4n) is 7.22. The maximum Gasteiger partial charge on any atom is 0.306 e. The lowest BCUT2D eigenvalue weighted by Gasteiger charge is -2.24. The Morgan fingerprint density at radius 2 is 0.951 bits per heavy atom. The maximum atomic E-state index is 13.2. The van der Waals surface area contributed by atoms with Crippen molar-refractivity contribution >= 4 is 11.9 Å². The van der Waals surface area contributed by atoms with E-state index in [0.29, 0.717) is 19.3 Å². The minimum absolute atomic E-state index is 0.0485. The van der Waals surface area contributed by atoms with E-state index < -0.39 is 18.2 Å². The van der Waals surface area contributed by atoms with Crippen LogP contribution in [0, 0.1) is 0 Å². The Bertz CT molecular complexity index is 1180. The highest BCUT2D eigenvalue weighted by molar-refractivity contribution is 5.77. The van der Waals surface area contributed by atoms with Crippen LogP contribution in [0.5, 0.6) is 0 Å². The molecule has 61 heavy (non-hydrogen) atoms. The number of allylic oxidation sites excluding steroid dienone is 14. The zero-order valence-electron chi connectivity index (χ0n) is 39.8. The van der Waals surface area contributed by atoms with Crippen LogP contribution < -0.4 is 5.32 Å². The van der Waals surface area contributed by atoms with Gasteiger partial charge in [-0.15, -0.1) is 0 Å². The second-order valence-corrected chi connectivity index (χ2v) is 16.9. The third-order valence-corrected chi connectivity index (χ3v) is 11.1. The van der Waals surface area contributed by atoms with Gasteiger partial charge in [0.2, 0.25) is 5.91 Å². The van der Waals surface area contributed by atoms with Crippen LogP contribution in [-0.4, -0.2) is 46.9 Å². The molecule has 0 aliphatic rings. The molecular weight excluding hydrogens is 755 g/mol. The number of aliphatic hydroxyl groups is 2. The number of unbranched alkanes of at least 4 members (excludes halogenated alkanes) is 21. The van der Waals surface area contributed by atoms with E-state index in [9.17, 15) is 19.8 Å². The highest BCUT2D eigenvalue weighted by Crippen LogP contribution is 2.17. The predicted octanol–water partition coefficient (Wildman–Crippen LogP) is 15.2. The van der Waals surface area contributed by atoms with Gasteiger partial charge in [-0.25, -0.2) is 0 Å². The third kappa shape index (κ3) is 43.5. The standard InChI is InChI=1S/C55H95NO5/c1-4-7-10-13-16-19-22-24-26-27-28-29-31-33-36-39-42-45-48-55(60)61-51(46-43-40-37-34-32-30-25-23-20-17-14-11-8-5-2)49-54(59)56-52(50-57)53(58)47-44-41-38-35-21-18-15-12-9-6-3/h8,11,16-17,19-20,22,24-30,51-53,57-58H,4-7,9-10,12-15,18,21,23,31-50H2,1-3H3,(H,56,59)/b11-8+,19-16+,20-17+,24-22+,27-26+,29-28+,30-25+. The molecule has 3 N–H and O–H groups in total. The molecule has 0 rings (SSSR count). The number of carbonyl (C=O) groups is 2. The van der Waals surface area contributed by atoms with E-state index in [1.165, 1.54) is 64.2 Å². The van der Waals surface area contributed by atoms with Gasteiger partial charge in [-0.3, -0.25) is 9.59 Å². The minimum Gasteiger partial charge on any atom is -0.462 e. The first-order valence-corrected chi connectivity index (χ1v) is 25.4. The van der Waals surface area contributed by atoms with E-state index in [1.807, 2.05) is 0 Å². The lowest BCUT2D eigenvalue weighted by molar-refractivity contribution is -0.151. The quantitative estimate of drug-likeness (QED) is 0.0246. The van der Waals surface area contributed by atoms with E-state index in [2.05, 4.69) is 111 Å². The van der Waals surface area contributed by atoms with Crippen molar-refractivity contribution in [1.29, 1.82) is 0 Å². The van der Waals surface area contributed by atoms with E-state index >= 15 is 0 Å². The molecule has 350 valence electrons. The minimum atomic E-state index is -0.801. The van der Waals surface area contributed by atoms with Crippen LogP contribution >= 0.6 is 0 Å². The van der Waals surface area contributed by atoms with E-state index in [4.69, 9.17) is 4.74 Å². The van der Waals surface area contributed by atoms with Crippen LogP contribution in [0.3, 0.4) is 0 Å². The van der Waals surface area contributed by atoms with Crippen LogP contribution in [0.4, 0.5) is 0 Å². The van der Waals surface area contributed by atoms with Crippen LogP contribution in [0.1, 0.15) is 226 Å². The van der Waals surface area contributed by atoms with Crippen LogP contribution in [0.15, 0.2) is 85.1 Å². The summed E-state index contributed by atoms with van der Waals surface area (Å²) in [5, 5.41) is 23.7. The Kier molecular flexibility index (Phi) is 45.7. The lowest BCUT2D eigenvalue weighted by Crippen LogP contribution is -2.46. The third-order valence-electron chi connectivity index (χ3n) is 11.1. The molecule has 3 atom stereocenters. The molecule has 0 aromatic carbocycles. The van der Waals surface area contributed by atoms with Crippen LogP contribution in [0.2, 0.25) is 0 Å². The van der Waals surface area contributed by atoms with Crippen LogP contribution in [-0.2, 0) is 14.3 Å². The SMILES string of the molecule is CC/C=C/C/C=C/C/C=C/CCCCCCC(CC(=O)NC(CO)C(O)CCCCCCCCCCCC)OC(=O)CCCCCCC/C=C/C=C/C=C/C=C/CCCCC. The van der Waals surface area contributed by atoms with Gasteiger partial charge in [0.15, 0.2) is 0 Å². The molecule has 6 heteroatoms. The number of aliphatic hydroxyl groups excluding tert-OH is 2. The Labute approximate surface area is 376 Å². The number of esters is 1. The summed E-state index contributed by atoms with van der Waals surface area (Å²) < 4.78 is 5.91. The molecule has 0 aromatic rings. The maximum absolute atomic E-state index is 13.2. The number of hydrogen-bond acceptors (Lipinski definition) is 5. The van der Waals surface area contributed by atoms with Gasteiger partial charge in [-0.1, -0.05) is 215 Å². The highest BCUT2D eigenvalue weighted by atomic mass is 16.5. The molecule has 0 aromatic heterocycles. The number of ether oxygens (including phenoxy) is 1. The summed E-state index contributed by atoms with van der Waals surface area (Å²) in [5.74, 6) is -0.528. The molecule has 0 radical (unpaired) electrons. The van der Waals surface area contributed by atoms with Crippen molar-refractivity contribution in [2.24, 2.45) is 0 Å². The zero-order chi connectivity index (χ0) is 44.5. The Morgan fingerprint density at radius 1 is 0.508 bits per heavy atom. The van der Waals surface area contributed by atoms with Crippen molar-refractivity contribution in [2.45, 2.75) is 244 Å². The van der Waals surface area contributed by atoms with Gasteiger partial charge in [-0.2, -0.15) is 0 Å². The van der Waals surface area contributed by atoms with Crippen molar-refractivity contribution in [1.82, 2.24) is 5.32 Å². The number of amides is 1. The summed E-state index contributed by atoms with van der Waals surface area (Å²) in [5.41, 5.74) is 0. The Hall–Kier alpha value is -2.96. The van der Waals surface area contributed by atoms with E-state index in [1.54, 1.807) is 0 Å². The summed E-state index contributed by atoms with van der Waals surface area (Å²) in [7, 11) is 0. The van der Waals surface area contributed by atoms with Gasteiger partial charge in [-0.05, 0) is 83.5 Å². The second kappa shape index (κ2) is 48.1. The van der Waals surface area contributed by atoms with Crippen molar-refractivity contribution in [3.63, 3.8) is 0 Å². The largest absolute Gasteiger partial charge is 0.462 e. The first-order chi connectivity index (χ1) is 30.0. The normalized spacial score (nSPS) is 14.0. The van der Waals surface area contributed by atoms with Crippen molar-refractivity contribution in [3.8, 4) is 0 Å². The Morgan fingerprint density at radius 3 is 1.52 bits per heavy atom. The summed E-state index contributed by atoms with van der Waals surface area (Å²) in [4.78, 5) is 26.1. The molecule has 0 aliphatic carbocycles. The molecule has 0 heterocycles. The Balaban J connectivity index is 4.68. The van der Waals surface area contributed by atoms with Crippen molar-refractivity contribution in [3.05, 3.63) is 85.1 Å². The molecule has 6 nitrogen and oxygen atoms in total. The summed E-state index contributed by atoms with van der Waals surface area (Å²) in [6, 6.07) is -0.717. The van der Waals surface area contributed by atoms with E-state index in [-0.39, 0.29) is 24.9 Å². The zero-order valence-corrected chi connectivity index (χ0v) is 39.8. The lowest BCUT2D eigenvalue weighted by atomic mass is 10.0. The summed E-state index contributed by atoms with van der Waals surface area (Å²) in [6.45, 7) is 6.30. The van der Waals surface area contributed by atoms with Crippen LogP contribution in [0.25, 0.3) is 0 Å². The molecule has 1 amide bonds. The summed E-state index contributed by atoms with van der Waals surface area (Å²) in [6.07, 6.45) is 62.1. The fourth-order valence-corrected chi connectivity index (χ4v) is 7.22. The number of hydrogen-bond donors (Lipinski definition) is 3. The molecule has 0 bridgehead atoms. The molecule has 0 spiro atoms. The van der Waals surface area contributed by atoms with Gasteiger partial charge in [0.1, 0.15) is 6.10 Å². The number of nitrogens with one attached hydrogen (secondary N) is 1. The monoisotopic (exact) mass is 850 g/mol.